The molecule has 1 heterocycles. The van der Waals surface area contributed by atoms with Crippen molar-refractivity contribution < 1.29 is 4.79 Å². The van der Waals surface area contributed by atoms with Crippen LogP contribution in [0.2, 0.25) is 0 Å². The summed E-state index contributed by atoms with van der Waals surface area (Å²) in [5, 5.41) is 0.886. The van der Waals surface area contributed by atoms with Crippen molar-refractivity contribution in [3.8, 4) is 0 Å². The highest BCUT2D eigenvalue weighted by Crippen LogP contribution is 2.41. The summed E-state index contributed by atoms with van der Waals surface area (Å²) in [6.45, 7) is 0. The maximum atomic E-state index is 11.1. The highest BCUT2D eigenvalue weighted by Gasteiger charge is 2.24. The molecule has 1 saturated carbocycles. The second-order valence-electron chi connectivity index (χ2n) is 3.93. The zero-order valence-electron chi connectivity index (χ0n) is 8.06. The van der Waals surface area contributed by atoms with E-state index in [0.717, 1.165) is 16.0 Å². The summed E-state index contributed by atoms with van der Waals surface area (Å²) in [6, 6.07) is 6.19. The zero-order valence-corrected chi connectivity index (χ0v) is 8.88. The van der Waals surface area contributed by atoms with Crippen LogP contribution >= 0.6 is 11.5 Å². The van der Waals surface area contributed by atoms with E-state index in [2.05, 4.69) is 16.5 Å². The van der Waals surface area contributed by atoms with E-state index in [1.165, 1.54) is 29.9 Å². The molecule has 3 rings (SSSR count). The molecule has 0 radical (unpaired) electrons. The molecule has 2 aromatic rings. The Balaban J connectivity index is 2.17. The number of carbonyl (C=O) groups is 1. The molecule has 0 bridgehead atoms. The maximum absolute atomic E-state index is 11.1. The van der Waals surface area contributed by atoms with Crippen molar-refractivity contribution in [3.05, 3.63) is 29.5 Å². The Morgan fingerprint density at radius 3 is 2.93 bits per heavy atom. The fourth-order valence-corrected chi connectivity index (χ4v) is 2.63. The lowest BCUT2D eigenvalue weighted by atomic mass is 10.1. The number of rotatable bonds is 2. The first-order valence-electron chi connectivity index (χ1n) is 4.95. The second-order valence-corrected chi connectivity index (χ2v) is 4.73. The third-order valence-electron chi connectivity index (χ3n) is 2.78. The van der Waals surface area contributed by atoms with Gasteiger partial charge < -0.3 is 5.73 Å². The summed E-state index contributed by atoms with van der Waals surface area (Å²) < 4.78 is 5.15. The summed E-state index contributed by atoms with van der Waals surface area (Å²) in [6.07, 6.45) is 2.57. The lowest BCUT2D eigenvalue weighted by Crippen LogP contribution is -2.11. The van der Waals surface area contributed by atoms with Crippen LogP contribution in [-0.4, -0.2) is 10.3 Å². The van der Waals surface area contributed by atoms with E-state index in [1.54, 1.807) is 0 Å². The van der Waals surface area contributed by atoms with E-state index < -0.39 is 5.91 Å². The van der Waals surface area contributed by atoms with E-state index in [-0.39, 0.29) is 0 Å². The van der Waals surface area contributed by atoms with Gasteiger partial charge in [0.15, 0.2) is 0 Å². The highest BCUT2D eigenvalue weighted by atomic mass is 32.1. The predicted octanol–water partition coefficient (Wildman–Crippen LogP) is 2.27. The van der Waals surface area contributed by atoms with Crippen molar-refractivity contribution in [2.45, 2.75) is 18.8 Å². The lowest BCUT2D eigenvalue weighted by Gasteiger charge is -1.97. The molecule has 0 saturated heterocycles. The Morgan fingerprint density at radius 1 is 1.47 bits per heavy atom. The fourth-order valence-electron chi connectivity index (χ4n) is 1.80. The number of primary amides is 1. The van der Waals surface area contributed by atoms with Gasteiger partial charge in [0.05, 0.1) is 4.70 Å². The average molecular weight is 218 g/mol. The van der Waals surface area contributed by atoms with Gasteiger partial charge in [0.2, 0.25) is 0 Å². The van der Waals surface area contributed by atoms with Crippen LogP contribution in [0.5, 0.6) is 0 Å². The van der Waals surface area contributed by atoms with Gasteiger partial charge in [0, 0.05) is 5.39 Å². The van der Waals surface area contributed by atoms with Crippen molar-refractivity contribution in [2.75, 3.05) is 0 Å². The normalized spacial score (nSPS) is 15.7. The van der Waals surface area contributed by atoms with Gasteiger partial charge >= 0.3 is 0 Å². The quantitative estimate of drug-likeness (QED) is 0.840. The van der Waals surface area contributed by atoms with Crippen molar-refractivity contribution in [2.24, 2.45) is 5.73 Å². The molecule has 1 fully saturated rings. The van der Waals surface area contributed by atoms with E-state index in [0.29, 0.717) is 5.69 Å². The standard InChI is InChI=1S/C11H10N2OS/c12-11(14)10-8-4-3-7(6-1-2-6)5-9(8)15-13-10/h3-6H,1-2H2,(H2,12,14). The van der Waals surface area contributed by atoms with Crippen LogP contribution in [0.25, 0.3) is 10.1 Å². The highest BCUT2D eigenvalue weighted by molar-refractivity contribution is 7.13. The van der Waals surface area contributed by atoms with Crippen molar-refractivity contribution in [3.63, 3.8) is 0 Å². The van der Waals surface area contributed by atoms with Gasteiger partial charge in [0.25, 0.3) is 5.91 Å². The number of carbonyl (C=O) groups excluding carboxylic acids is 1. The largest absolute Gasteiger partial charge is 0.364 e. The average Bonchev–Trinajstić information content (AvgIpc) is 2.97. The minimum absolute atomic E-state index is 0.400. The van der Waals surface area contributed by atoms with Crippen molar-refractivity contribution >= 4 is 27.5 Å². The third kappa shape index (κ3) is 1.41. The third-order valence-corrected chi connectivity index (χ3v) is 3.59. The Labute approximate surface area is 91.1 Å². The van der Waals surface area contributed by atoms with Crippen LogP contribution in [-0.2, 0) is 0 Å². The predicted molar refractivity (Wildman–Crippen MR) is 60.1 cm³/mol. The van der Waals surface area contributed by atoms with Gasteiger partial charge in [-0.15, -0.1) is 0 Å². The molecule has 0 aliphatic heterocycles. The Hall–Kier alpha value is -1.42. The molecule has 3 nitrogen and oxygen atoms in total. The molecule has 4 heteroatoms. The number of aromatic nitrogens is 1. The Kier molecular flexibility index (Phi) is 1.79. The topological polar surface area (TPSA) is 56.0 Å². The van der Waals surface area contributed by atoms with Gasteiger partial charge in [-0.25, -0.2) is 0 Å². The summed E-state index contributed by atoms with van der Waals surface area (Å²) in [4.78, 5) is 11.1. The monoisotopic (exact) mass is 218 g/mol. The molecule has 2 N–H and O–H groups in total. The number of hydrogen-bond acceptors (Lipinski definition) is 3. The number of benzene rings is 1. The minimum atomic E-state index is -0.444. The van der Waals surface area contributed by atoms with Crippen LogP contribution in [0.15, 0.2) is 18.2 Å². The van der Waals surface area contributed by atoms with Gasteiger partial charge in [-0.2, -0.15) is 4.37 Å². The minimum Gasteiger partial charge on any atom is -0.364 e. The molecule has 0 spiro atoms. The number of fused-ring (bicyclic) bond motifs is 1. The van der Waals surface area contributed by atoms with Gasteiger partial charge in [-0.05, 0) is 41.9 Å². The molecule has 1 aliphatic carbocycles. The van der Waals surface area contributed by atoms with Gasteiger partial charge in [-0.1, -0.05) is 12.1 Å². The molecular weight excluding hydrogens is 208 g/mol. The maximum Gasteiger partial charge on any atom is 0.269 e. The molecule has 76 valence electrons. The first kappa shape index (κ1) is 8.85. The summed E-state index contributed by atoms with van der Waals surface area (Å²) in [5.41, 5.74) is 7.00. The fraction of sp³-hybridized carbons (Fsp3) is 0.273. The number of hydrogen-bond donors (Lipinski definition) is 1. The molecule has 1 aromatic heterocycles. The SMILES string of the molecule is NC(=O)c1nsc2cc(C3CC3)ccc12. The molecule has 1 aromatic carbocycles. The number of amides is 1. The van der Waals surface area contributed by atoms with Crippen LogP contribution in [0, 0.1) is 0 Å². The molecule has 1 aliphatic rings. The van der Waals surface area contributed by atoms with E-state index >= 15 is 0 Å². The summed E-state index contributed by atoms with van der Waals surface area (Å²) in [5.74, 6) is 0.286. The van der Waals surface area contributed by atoms with Crippen LogP contribution in [0.1, 0.15) is 34.8 Å². The first-order chi connectivity index (χ1) is 7.25. The van der Waals surface area contributed by atoms with E-state index in [9.17, 15) is 4.79 Å². The Bertz CT molecular complexity index is 543. The number of nitrogens with zero attached hydrogens (tertiary/aromatic N) is 1. The molecule has 15 heavy (non-hydrogen) atoms. The van der Waals surface area contributed by atoms with Gasteiger partial charge in [-0.3, -0.25) is 4.79 Å². The van der Waals surface area contributed by atoms with E-state index in [1.807, 2.05) is 6.07 Å². The zero-order chi connectivity index (χ0) is 10.4. The second kappa shape index (κ2) is 3.03. The van der Waals surface area contributed by atoms with E-state index in [4.69, 9.17) is 5.73 Å². The molecule has 0 unspecified atom stereocenters. The first-order valence-corrected chi connectivity index (χ1v) is 5.72. The van der Waals surface area contributed by atoms with Crippen LogP contribution in [0.3, 0.4) is 0 Å². The Morgan fingerprint density at radius 2 is 2.27 bits per heavy atom. The smallest absolute Gasteiger partial charge is 0.269 e. The number of nitrogens with two attached hydrogens (primary N) is 1. The molecule has 0 atom stereocenters. The summed E-state index contributed by atoms with van der Waals surface area (Å²) in [7, 11) is 0. The lowest BCUT2D eigenvalue weighted by molar-refractivity contribution is 0.0998. The van der Waals surface area contributed by atoms with Crippen LogP contribution in [0.4, 0.5) is 0 Å². The van der Waals surface area contributed by atoms with Crippen molar-refractivity contribution in [1.29, 1.82) is 0 Å². The van der Waals surface area contributed by atoms with Crippen molar-refractivity contribution in [1.82, 2.24) is 4.37 Å². The van der Waals surface area contributed by atoms with Gasteiger partial charge in [0.1, 0.15) is 5.69 Å². The molecule has 1 amide bonds. The van der Waals surface area contributed by atoms with Crippen LogP contribution < -0.4 is 5.73 Å². The molecular formula is C11H10N2OS. The summed E-state index contributed by atoms with van der Waals surface area (Å²) >= 11 is 1.35.